The lowest BCUT2D eigenvalue weighted by molar-refractivity contribution is -0.114. The van der Waals surface area contributed by atoms with Crippen LogP contribution in [0.25, 0.3) is 22.0 Å². The van der Waals surface area contributed by atoms with Crippen LogP contribution in [0.2, 0.25) is 0 Å². The number of nitrogens with zero attached hydrogens (tertiary/aromatic N) is 3. The highest BCUT2D eigenvalue weighted by Crippen LogP contribution is 2.28. The number of benzene rings is 1. The van der Waals surface area contributed by atoms with E-state index >= 15 is 0 Å². The van der Waals surface area contributed by atoms with E-state index < -0.39 is 9.84 Å². The first-order valence-electron chi connectivity index (χ1n) is 10.5. The SMILES string of the molecule is CC(=O)Nc1ccc(S(=O)(=O)CC=CNc2nc(-c3cnccc3C)cc3ccncc23)cc1. The fourth-order valence-corrected chi connectivity index (χ4v) is 4.52. The van der Waals surface area contributed by atoms with Gasteiger partial charge in [0.2, 0.25) is 5.91 Å². The summed E-state index contributed by atoms with van der Waals surface area (Å²) in [6.07, 6.45) is 10.0. The molecule has 3 heterocycles. The molecule has 9 heteroatoms. The van der Waals surface area contributed by atoms with E-state index in [-0.39, 0.29) is 16.6 Å². The summed E-state index contributed by atoms with van der Waals surface area (Å²) in [5.41, 5.74) is 3.26. The highest BCUT2D eigenvalue weighted by molar-refractivity contribution is 7.91. The monoisotopic (exact) mass is 473 g/mol. The van der Waals surface area contributed by atoms with Crippen molar-refractivity contribution in [3.8, 4) is 11.3 Å². The topological polar surface area (TPSA) is 114 Å². The van der Waals surface area contributed by atoms with Gasteiger partial charge in [0.1, 0.15) is 5.82 Å². The fourth-order valence-electron chi connectivity index (χ4n) is 3.43. The zero-order valence-electron chi connectivity index (χ0n) is 18.7. The summed E-state index contributed by atoms with van der Waals surface area (Å²) in [5, 5.41) is 7.49. The minimum absolute atomic E-state index is 0.174. The first kappa shape index (κ1) is 23.1. The number of carbonyl (C=O) groups is 1. The Bertz CT molecular complexity index is 1480. The lowest BCUT2D eigenvalue weighted by Crippen LogP contribution is -2.08. The molecular weight excluding hydrogens is 450 g/mol. The Kier molecular flexibility index (Phi) is 6.65. The van der Waals surface area contributed by atoms with Gasteiger partial charge in [0.05, 0.1) is 16.3 Å². The predicted molar refractivity (Wildman–Crippen MR) is 133 cm³/mol. The number of anilines is 2. The van der Waals surface area contributed by atoms with Gasteiger partial charge in [0, 0.05) is 48.3 Å². The van der Waals surface area contributed by atoms with Crippen molar-refractivity contribution >= 4 is 38.0 Å². The smallest absolute Gasteiger partial charge is 0.221 e. The number of amides is 1. The lowest BCUT2D eigenvalue weighted by Gasteiger charge is -2.10. The molecule has 3 aromatic heterocycles. The van der Waals surface area contributed by atoms with Gasteiger partial charge >= 0.3 is 0 Å². The van der Waals surface area contributed by atoms with Crippen molar-refractivity contribution in [1.82, 2.24) is 15.0 Å². The van der Waals surface area contributed by atoms with Crippen molar-refractivity contribution in [2.45, 2.75) is 18.7 Å². The molecule has 2 N–H and O–H groups in total. The van der Waals surface area contributed by atoms with Crippen LogP contribution in [-0.4, -0.2) is 35.0 Å². The molecule has 4 aromatic rings. The molecule has 0 radical (unpaired) electrons. The zero-order valence-corrected chi connectivity index (χ0v) is 19.5. The maximum atomic E-state index is 12.7. The second-order valence-corrected chi connectivity index (χ2v) is 9.71. The summed E-state index contributed by atoms with van der Waals surface area (Å²) in [4.78, 5) is 24.4. The third-order valence-electron chi connectivity index (χ3n) is 5.14. The van der Waals surface area contributed by atoms with E-state index in [0.29, 0.717) is 11.5 Å². The van der Waals surface area contributed by atoms with Gasteiger partial charge in [-0.3, -0.25) is 14.8 Å². The molecule has 0 unspecified atom stereocenters. The van der Waals surface area contributed by atoms with Crippen molar-refractivity contribution in [2.75, 3.05) is 16.4 Å². The number of rotatable bonds is 7. The molecule has 1 aromatic carbocycles. The normalized spacial score (nSPS) is 11.6. The molecule has 0 spiro atoms. The molecule has 1 amide bonds. The van der Waals surface area contributed by atoms with Crippen LogP contribution in [0.3, 0.4) is 0 Å². The minimum atomic E-state index is -3.54. The number of aryl methyl sites for hydroxylation is 1. The van der Waals surface area contributed by atoms with E-state index in [1.807, 2.05) is 25.1 Å². The summed E-state index contributed by atoms with van der Waals surface area (Å²) in [5.74, 6) is 0.151. The maximum Gasteiger partial charge on any atom is 0.221 e. The number of aromatic nitrogens is 3. The molecule has 4 rings (SSSR count). The third-order valence-corrected chi connectivity index (χ3v) is 6.76. The highest BCUT2D eigenvalue weighted by Gasteiger charge is 2.13. The summed E-state index contributed by atoms with van der Waals surface area (Å²) in [7, 11) is -3.54. The Morgan fingerprint density at radius 1 is 1.03 bits per heavy atom. The van der Waals surface area contributed by atoms with E-state index in [2.05, 4.69) is 20.6 Å². The van der Waals surface area contributed by atoms with Crippen LogP contribution >= 0.6 is 0 Å². The fraction of sp³-hybridized carbons (Fsp3) is 0.120. The largest absolute Gasteiger partial charge is 0.346 e. The van der Waals surface area contributed by atoms with Gasteiger partial charge in [-0.1, -0.05) is 6.08 Å². The maximum absolute atomic E-state index is 12.7. The molecule has 0 aliphatic heterocycles. The van der Waals surface area contributed by atoms with Crippen molar-refractivity contribution in [2.24, 2.45) is 0 Å². The Morgan fingerprint density at radius 3 is 2.50 bits per heavy atom. The Balaban J connectivity index is 1.54. The molecule has 0 bridgehead atoms. The molecule has 8 nitrogen and oxygen atoms in total. The van der Waals surface area contributed by atoms with Gasteiger partial charge in [-0.05, 0) is 66.5 Å². The zero-order chi connectivity index (χ0) is 24.1. The van der Waals surface area contributed by atoms with Crippen LogP contribution in [0.5, 0.6) is 0 Å². The summed E-state index contributed by atoms with van der Waals surface area (Å²) in [6, 6.07) is 11.9. The molecular formula is C25H23N5O3S. The first-order valence-corrected chi connectivity index (χ1v) is 12.2. The van der Waals surface area contributed by atoms with Gasteiger partial charge in [0.25, 0.3) is 0 Å². The van der Waals surface area contributed by atoms with Crippen LogP contribution in [0.1, 0.15) is 12.5 Å². The lowest BCUT2D eigenvalue weighted by atomic mass is 10.1. The Labute approximate surface area is 197 Å². The minimum Gasteiger partial charge on any atom is -0.346 e. The molecule has 34 heavy (non-hydrogen) atoms. The molecule has 0 saturated heterocycles. The standard InChI is InChI=1S/C25H23N5O3S/c1-17-8-11-26-15-22(17)24-14-19-9-12-27-16-23(19)25(30-24)28-10-3-13-34(32,33)21-6-4-20(5-7-21)29-18(2)31/h3-12,14-16H,13H2,1-2H3,(H,28,30)(H,29,31). The van der Waals surface area contributed by atoms with Gasteiger partial charge < -0.3 is 10.6 Å². The number of nitrogens with one attached hydrogen (secondary N) is 2. The van der Waals surface area contributed by atoms with E-state index in [0.717, 1.165) is 27.6 Å². The van der Waals surface area contributed by atoms with Gasteiger partial charge in [0.15, 0.2) is 9.84 Å². The van der Waals surface area contributed by atoms with Crippen molar-refractivity contribution in [3.05, 3.63) is 85.1 Å². The van der Waals surface area contributed by atoms with E-state index in [1.165, 1.54) is 25.1 Å². The second kappa shape index (κ2) is 9.80. The van der Waals surface area contributed by atoms with Crippen LogP contribution < -0.4 is 10.6 Å². The molecule has 0 aliphatic rings. The number of pyridine rings is 3. The molecule has 172 valence electrons. The van der Waals surface area contributed by atoms with Crippen LogP contribution in [0.4, 0.5) is 11.5 Å². The quantitative estimate of drug-likeness (QED) is 0.410. The van der Waals surface area contributed by atoms with Crippen LogP contribution in [0.15, 0.2) is 84.4 Å². The molecule has 0 saturated carbocycles. The third kappa shape index (κ3) is 5.26. The first-order chi connectivity index (χ1) is 16.3. The van der Waals surface area contributed by atoms with Gasteiger partial charge in [-0.2, -0.15) is 0 Å². The average molecular weight is 474 g/mol. The van der Waals surface area contributed by atoms with E-state index in [1.54, 1.807) is 43.1 Å². The molecule has 0 fully saturated rings. The highest BCUT2D eigenvalue weighted by atomic mass is 32.2. The Morgan fingerprint density at radius 2 is 1.76 bits per heavy atom. The number of fused-ring (bicyclic) bond motifs is 1. The van der Waals surface area contributed by atoms with Crippen LogP contribution in [-0.2, 0) is 14.6 Å². The molecule has 0 atom stereocenters. The molecule has 0 aliphatic carbocycles. The number of carbonyl (C=O) groups excluding carboxylic acids is 1. The second-order valence-electron chi connectivity index (χ2n) is 7.68. The summed E-state index contributed by atoms with van der Waals surface area (Å²) in [6.45, 7) is 3.39. The summed E-state index contributed by atoms with van der Waals surface area (Å²) < 4.78 is 25.3. The van der Waals surface area contributed by atoms with E-state index in [4.69, 9.17) is 4.98 Å². The van der Waals surface area contributed by atoms with Crippen molar-refractivity contribution in [3.63, 3.8) is 0 Å². The Hall–Kier alpha value is -4.11. The number of sulfone groups is 1. The van der Waals surface area contributed by atoms with E-state index in [9.17, 15) is 13.2 Å². The van der Waals surface area contributed by atoms with Crippen molar-refractivity contribution in [1.29, 1.82) is 0 Å². The van der Waals surface area contributed by atoms with Crippen molar-refractivity contribution < 1.29 is 13.2 Å². The number of hydrogen-bond donors (Lipinski definition) is 2. The van der Waals surface area contributed by atoms with Gasteiger partial charge in [-0.25, -0.2) is 13.4 Å². The summed E-state index contributed by atoms with van der Waals surface area (Å²) >= 11 is 0. The predicted octanol–water partition coefficient (Wildman–Crippen LogP) is 4.36. The van der Waals surface area contributed by atoms with Crippen LogP contribution in [0, 0.1) is 6.92 Å². The van der Waals surface area contributed by atoms with Gasteiger partial charge in [-0.15, -0.1) is 0 Å². The number of hydrogen-bond acceptors (Lipinski definition) is 7. The average Bonchev–Trinajstić information content (AvgIpc) is 2.82.